The first kappa shape index (κ1) is 20.1. The van der Waals surface area contributed by atoms with Crippen molar-refractivity contribution in [1.82, 2.24) is 0 Å². The second kappa shape index (κ2) is 7.75. The zero-order valence-electron chi connectivity index (χ0n) is 16.2. The molecule has 1 atom stereocenters. The van der Waals surface area contributed by atoms with Crippen molar-refractivity contribution in [2.45, 2.75) is 31.1 Å². The molecule has 0 bridgehead atoms. The summed E-state index contributed by atoms with van der Waals surface area (Å²) in [6, 6.07) is 13.8. The van der Waals surface area contributed by atoms with Gasteiger partial charge < -0.3 is 10.2 Å². The molecule has 0 unspecified atom stereocenters. The number of nitrogens with one attached hydrogen (secondary N) is 1. The smallest absolute Gasteiger partial charge is 0.229 e. The summed E-state index contributed by atoms with van der Waals surface area (Å²) >= 11 is 0. The van der Waals surface area contributed by atoms with Gasteiger partial charge in [-0.3, -0.25) is 9.59 Å². The number of anilines is 2. The number of nitrogens with zero attached hydrogens (tertiary/aromatic N) is 1. The summed E-state index contributed by atoms with van der Waals surface area (Å²) in [6.07, 6.45) is 1.28. The highest BCUT2D eigenvalue weighted by molar-refractivity contribution is 7.90. The van der Waals surface area contributed by atoms with Crippen LogP contribution in [0.2, 0.25) is 0 Å². The molecule has 0 radical (unpaired) electrons. The van der Waals surface area contributed by atoms with Gasteiger partial charge in [-0.1, -0.05) is 26.0 Å². The van der Waals surface area contributed by atoms with Gasteiger partial charge in [0.2, 0.25) is 11.8 Å². The van der Waals surface area contributed by atoms with Gasteiger partial charge in [-0.15, -0.1) is 0 Å². The third-order valence-corrected chi connectivity index (χ3v) is 6.02. The molecular weight excluding hydrogens is 376 g/mol. The van der Waals surface area contributed by atoms with Crippen LogP contribution in [0.15, 0.2) is 53.4 Å². The number of benzene rings is 2. The molecule has 7 heteroatoms. The summed E-state index contributed by atoms with van der Waals surface area (Å²) in [5.41, 5.74) is 2.46. The fourth-order valence-corrected chi connectivity index (χ4v) is 3.84. The van der Waals surface area contributed by atoms with Crippen molar-refractivity contribution in [3.05, 3.63) is 54.1 Å². The number of carbonyl (C=O) groups is 2. The second-order valence-corrected chi connectivity index (χ2v) is 9.46. The largest absolute Gasteiger partial charge is 0.326 e. The Morgan fingerprint density at radius 3 is 2.43 bits per heavy atom. The van der Waals surface area contributed by atoms with Gasteiger partial charge >= 0.3 is 0 Å². The standard InChI is InChI=1S/C21H24N2O4S/c1-14(2)15-5-4-6-18(11-15)23-13-16(12-20(23)24)21(25)22-17-7-9-19(10-8-17)28(3,26)27/h4-11,14,16H,12-13H2,1-3H3,(H,22,25)/t16-/m1/s1. The molecule has 1 saturated heterocycles. The van der Waals surface area contributed by atoms with Crippen molar-refractivity contribution in [2.24, 2.45) is 5.92 Å². The van der Waals surface area contributed by atoms with E-state index in [2.05, 4.69) is 19.2 Å². The molecule has 0 saturated carbocycles. The minimum Gasteiger partial charge on any atom is -0.326 e. The Labute approximate surface area is 165 Å². The molecule has 2 aromatic rings. The lowest BCUT2D eigenvalue weighted by Crippen LogP contribution is -2.28. The van der Waals surface area contributed by atoms with Gasteiger partial charge in [0.1, 0.15) is 0 Å². The van der Waals surface area contributed by atoms with E-state index in [4.69, 9.17) is 0 Å². The normalized spacial score (nSPS) is 17.2. The van der Waals surface area contributed by atoms with E-state index in [1.807, 2.05) is 24.3 Å². The number of hydrogen-bond acceptors (Lipinski definition) is 4. The predicted octanol–water partition coefficient (Wildman–Crippen LogP) is 3.21. The van der Waals surface area contributed by atoms with Crippen molar-refractivity contribution in [2.75, 3.05) is 23.0 Å². The van der Waals surface area contributed by atoms with Crippen LogP contribution in [0.5, 0.6) is 0 Å². The number of amides is 2. The Morgan fingerprint density at radius 2 is 1.82 bits per heavy atom. The molecule has 2 aromatic carbocycles. The summed E-state index contributed by atoms with van der Waals surface area (Å²) in [6.45, 7) is 4.51. The Hall–Kier alpha value is -2.67. The lowest BCUT2D eigenvalue weighted by atomic mass is 10.0. The van der Waals surface area contributed by atoms with Crippen LogP contribution in [0.4, 0.5) is 11.4 Å². The fraction of sp³-hybridized carbons (Fsp3) is 0.333. The summed E-state index contributed by atoms with van der Waals surface area (Å²) in [7, 11) is -3.28. The number of carbonyl (C=O) groups excluding carboxylic acids is 2. The maximum Gasteiger partial charge on any atom is 0.229 e. The highest BCUT2D eigenvalue weighted by atomic mass is 32.2. The zero-order chi connectivity index (χ0) is 20.5. The minimum absolute atomic E-state index is 0.0755. The van der Waals surface area contributed by atoms with Crippen LogP contribution in [-0.4, -0.2) is 33.0 Å². The molecule has 0 spiro atoms. The molecule has 1 N–H and O–H groups in total. The Kier molecular flexibility index (Phi) is 5.56. The quantitative estimate of drug-likeness (QED) is 0.835. The molecule has 3 rings (SSSR count). The van der Waals surface area contributed by atoms with E-state index in [1.165, 1.54) is 12.1 Å². The average Bonchev–Trinajstić information content (AvgIpc) is 3.03. The van der Waals surface area contributed by atoms with E-state index in [9.17, 15) is 18.0 Å². The van der Waals surface area contributed by atoms with E-state index < -0.39 is 15.8 Å². The number of rotatable bonds is 5. The van der Waals surface area contributed by atoms with Gasteiger partial charge in [0, 0.05) is 30.6 Å². The first-order chi connectivity index (χ1) is 13.1. The van der Waals surface area contributed by atoms with Gasteiger partial charge in [-0.05, 0) is 47.9 Å². The van der Waals surface area contributed by atoms with E-state index in [0.29, 0.717) is 18.2 Å². The van der Waals surface area contributed by atoms with Crippen LogP contribution in [0.3, 0.4) is 0 Å². The van der Waals surface area contributed by atoms with Crippen molar-refractivity contribution >= 4 is 33.0 Å². The first-order valence-corrected chi connectivity index (χ1v) is 11.1. The monoisotopic (exact) mass is 400 g/mol. The molecule has 148 valence electrons. The molecule has 28 heavy (non-hydrogen) atoms. The zero-order valence-corrected chi connectivity index (χ0v) is 17.0. The molecule has 0 aromatic heterocycles. The lowest BCUT2D eigenvalue weighted by molar-refractivity contribution is -0.122. The van der Waals surface area contributed by atoms with Crippen LogP contribution < -0.4 is 10.2 Å². The summed E-state index contributed by atoms with van der Waals surface area (Å²) in [5, 5.41) is 2.77. The van der Waals surface area contributed by atoms with Gasteiger partial charge in [-0.25, -0.2) is 8.42 Å². The summed E-state index contributed by atoms with van der Waals surface area (Å²) in [5.74, 6) is -0.423. The van der Waals surface area contributed by atoms with Crippen LogP contribution in [0.25, 0.3) is 0 Å². The molecule has 0 aliphatic carbocycles. The fourth-order valence-electron chi connectivity index (χ4n) is 3.21. The third-order valence-electron chi connectivity index (χ3n) is 4.89. The van der Waals surface area contributed by atoms with Crippen molar-refractivity contribution in [3.8, 4) is 0 Å². The molecule has 1 fully saturated rings. The predicted molar refractivity (Wildman–Crippen MR) is 109 cm³/mol. The van der Waals surface area contributed by atoms with Gasteiger partial charge in [-0.2, -0.15) is 0 Å². The second-order valence-electron chi connectivity index (χ2n) is 7.44. The van der Waals surface area contributed by atoms with Crippen molar-refractivity contribution < 1.29 is 18.0 Å². The number of sulfone groups is 1. The topological polar surface area (TPSA) is 83.6 Å². The highest BCUT2D eigenvalue weighted by Crippen LogP contribution is 2.28. The Balaban J connectivity index is 1.69. The lowest BCUT2D eigenvalue weighted by Gasteiger charge is -2.18. The van der Waals surface area contributed by atoms with E-state index in [-0.39, 0.29) is 23.1 Å². The molecule has 1 heterocycles. The van der Waals surface area contributed by atoms with Crippen LogP contribution in [0.1, 0.15) is 31.7 Å². The Morgan fingerprint density at radius 1 is 1.14 bits per heavy atom. The van der Waals surface area contributed by atoms with E-state index in [0.717, 1.165) is 17.5 Å². The molecule has 1 aliphatic heterocycles. The first-order valence-electron chi connectivity index (χ1n) is 9.16. The minimum atomic E-state index is -3.28. The van der Waals surface area contributed by atoms with Crippen LogP contribution in [0, 0.1) is 5.92 Å². The van der Waals surface area contributed by atoms with E-state index in [1.54, 1.807) is 17.0 Å². The highest BCUT2D eigenvalue weighted by Gasteiger charge is 2.35. The maximum atomic E-state index is 12.6. The third kappa shape index (κ3) is 4.42. The van der Waals surface area contributed by atoms with E-state index >= 15 is 0 Å². The van der Waals surface area contributed by atoms with Crippen molar-refractivity contribution in [1.29, 1.82) is 0 Å². The summed E-state index contributed by atoms with van der Waals surface area (Å²) in [4.78, 5) is 26.9. The van der Waals surface area contributed by atoms with Crippen molar-refractivity contribution in [3.63, 3.8) is 0 Å². The molecular formula is C21H24N2O4S. The maximum absolute atomic E-state index is 12.6. The molecule has 2 amide bonds. The molecule has 6 nitrogen and oxygen atoms in total. The molecule has 1 aliphatic rings. The van der Waals surface area contributed by atoms with Gasteiger partial charge in [0.05, 0.1) is 10.8 Å². The average molecular weight is 401 g/mol. The van der Waals surface area contributed by atoms with Gasteiger partial charge in [0.15, 0.2) is 9.84 Å². The number of hydrogen-bond donors (Lipinski definition) is 1. The SMILES string of the molecule is CC(C)c1cccc(N2C[C@H](C(=O)Nc3ccc(S(C)(=O)=O)cc3)CC2=O)c1. The van der Waals surface area contributed by atoms with Crippen LogP contribution >= 0.6 is 0 Å². The van der Waals surface area contributed by atoms with Crippen LogP contribution in [-0.2, 0) is 19.4 Å². The summed E-state index contributed by atoms with van der Waals surface area (Å²) < 4.78 is 23.0. The van der Waals surface area contributed by atoms with Gasteiger partial charge in [0.25, 0.3) is 0 Å². The Bertz CT molecular complexity index is 997.